The number of halogens is 2. The molecule has 9 heteroatoms. The first kappa shape index (κ1) is 32.3. The molecule has 4 aromatic carbocycles. The molecule has 0 spiro atoms. The standard InChI is InChI=1S/C38H37ClFN3O4/c1-3-36(44)42(4-2)29-15-17-31(24-10-13-27(39)14-11-24)26(20-29)23-47-30-16-18-32(33(40)22-30)37-41-34-21-25(38(45)46)12-19-35(34)43(37)28-8-6-5-7-9-28/h10-22,28H,3-9,23H2,1-2H3,(H,45,46). The Hall–Kier alpha value is -4.69. The van der Waals surface area contributed by atoms with Crippen molar-refractivity contribution in [3.63, 3.8) is 0 Å². The first-order valence-electron chi connectivity index (χ1n) is 16.1. The van der Waals surface area contributed by atoms with Crippen LogP contribution < -0.4 is 9.64 Å². The Kier molecular flexibility index (Phi) is 9.59. The summed E-state index contributed by atoms with van der Waals surface area (Å²) >= 11 is 6.15. The SMILES string of the molecule is CCC(=O)N(CC)c1ccc(-c2ccc(Cl)cc2)c(COc2ccc(-c3nc4cc(C(=O)O)ccc4n3C3CCCCC3)c(F)c2)c1. The fourth-order valence-corrected chi connectivity index (χ4v) is 6.66. The number of amides is 1. The molecule has 1 aliphatic carbocycles. The van der Waals surface area contributed by atoms with Crippen LogP contribution in [0.1, 0.15) is 74.3 Å². The highest BCUT2D eigenvalue weighted by Gasteiger charge is 2.25. The molecule has 47 heavy (non-hydrogen) atoms. The first-order chi connectivity index (χ1) is 22.8. The van der Waals surface area contributed by atoms with Crippen LogP contribution in [-0.2, 0) is 11.4 Å². The molecule has 1 saturated carbocycles. The third-order valence-corrected chi connectivity index (χ3v) is 9.18. The molecule has 0 unspecified atom stereocenters. The highest BCUT2D eigenvalue weighted by molar-refractivity contribution is 6.30. The minimum Gasteiger partial charge on any atom is -0.489 e. The third kappa shape index (κ3) is 6.74. The van der Waals surface area contributed by atoms with E-state index in [-0.39, 0.29) is 24.1 Å². The lowest BCUT2D eigenvalue weighted by molar-refractivity contribution is -0.118. The molecule has 242 valence electrons. The van der Waals surface area contributed by atoms with Gasteiger partial charge in [0.2, 0.25) is 5.91 Å². The van der Waals surface area contributed by atoms with Crippen molar-refractivity contribution in [3.8, 4) is 28.3 Å². The topological polar surface area (TPSA) is 84.7 Å². The lowest BCUT2D eigenvalue weighted by Gasteiger charge is -2.26. The number of benzene rings is 4. The lowest BCUT2D eigenvalue weighted by atomic mass is 9.94. The fourth-order valence-electron chi connectivity index (χ4n) is 6.53. The third-order valence-electron chi connectivity index (χ3n) is 8.93. The quantitative estimate of drug-likeness (QED) is 0.162. The Morgan fingerprint density at radius 1 is 0.957 bits per heavy atom. The van der Waals surface area contributed by atoms with Gasteiger partial charge in [0.25, 0.3) is 0 Å². The van der Waals surface area contributed by atoms with Gasteiger partial charge in [0.05, 0.1) is 22.2 Å². The smallest absolute Gasteiger partial charge is 0.335 e. The second-order valence-corrected chi connectivity index (χ2v) is 12.3. The molecule has 6 rings (SSSR count). The first-order valence-corrected chi connectivity index (χ1v) is 16.5. The monoisotopic (exact) mass is 653 g/mol. The molecular formula is C38H37ClFN3O4. The molecule has 0 atom stereocenters. The molecule has 7 nitrogen and oxygen atoms in total. The highest BCUT2D eigenvalue weighted by atomic mass is 35.5. The summed E-state index contributed by atoms with van der Waals surface area (Å²) < 4.78 is 24.3. The zero-order chi connectivity index (χ0) is 33.1. The number of hydrogen-bond donors (Lipinski definition) is 1. The molecule has 0 aliphatic heterocycles. The van der Waals surface area contributed by atoms with E-state index in [0.29, 0.717) is 40.6 Å². The van der Waals surface area contributed by atoms with Crippen molar-refractivity contribution in [1.29, 1.82) is 0 Å². The van der Waals surface area contributed by atoms with E-state index in [1.54, 1.807) is 35.2 Å². The van der Waals surface area contributed by atoms with Gasteiger partial charge in [-0.05, 0) is 91.1 Å². The van der Waals surface area contributed by atoms with Crippen molar-refractivity contribution < 1.29 is 23.8 Å². The molecule has 1 fully saturated rings. The number of imidazole rings is 1. The number of aromatic carboxylic acids is 1. The van der Waals surface area contributed by atoms with Gasteiger partial charge < -0.3 is 19.3 Å². The van der Waals surface area contributed by atoms with Gasteiger partial charge in [0, 0.05) is 35.8 Å². The number of nitrogens with zero attached hydrogens (tertiary/aromatic N) is 3. The summed E-state index contributed by atoms with van der Waals surface area (Å²) in [7, 11) is 0. The van der Waals surface area contributed by atoms with Crippen molar-refractivity contribution in [2.45, 2.75) is 65.0 Å². The van der Waals surface area contributed by atoms with Crippen molar-refractivity contribution in [2.75, 3.05) is 11.4 Å². The van der Waals surface area contributed by atoms with E-state index in [1.807, 2.05) is 56.3 Å². The van der Waals surface area contributed by atoms with Crippen LogP contribution in [0.3, 0.4) is 0 Å². The van der Waals surface area contributed by atoms with Crippen LogP contribution in [0.25, 0.3) is 33.5 Å². The van der Waals surface area contributed by atoms with Gasteiger partial charge in [-0.25, -0.2) is 14.2 Å². The van der Waals surface area contributed by atoms with E-state index in [9.17, 15) is 14.7 Å². The van der Waals surface area contributed by atoms with E-state index in [2.05, 4.69) is 4.57 Å². The number of anilines is 1. The average Bonchev–Trinajstić information content (AvgIpc) is 3.47. The van der Waals surface area contributed by atoms with E-state index in [1.165, 1.54) is 6.07 Å². The summed E-state index contributed by atoms with van der Waals surface area (Å²) in [6.45, 7) is 4.45. The van der Waals surface area contributed by atoms with Crippen LogP contribution >= 0.6 is 11.6 Å². The minimum absolute atomic E-state index is 0.0229. The number of carboxylic acid groups (broad SMARTS) is 1. The van der Waals surface area contributed by atoms with Crippen LogP contribution in [0, 0.1) is 5.82 Å². The number of carbonyl (C=O) groups excluding carboxylic acids is 1. The molecule has 1 N–H and O–H groups in total. The number of carbonyl (C=O) groups is 2. The van der Waals surface area contributed by atoms with Crippen LogP contribution in [0.2, 0.25) is 5.02 Å². The molecule has 1 heterocycles. The van der Waals surface area contributed by atoms with Crippen LogP contribution in [-0.4, -0.2) is 33.1 Å². The maximum Gasteiger partial charge on any atom is 0.335 e. The van der Waals surface area contributed by atoms with Crippen LogP contribution in [0.15, 0.2) is 78.9 Å². The largest absolute Gasteiger partial charge is 0.489 e. The minimum atomic E-state index is -1.03. The number of ether oxygens (including phenoxy) is 1. The zero-order valence-electron chi connectivity index (χ0n) is 26.5. The number of carboxylic acids is 1. The van der Waals surface area contributed by atoms with Gasteiger partial charge in [-0.15, -0.1) is 0 Å². The van der Waals surface area contributed by atoms with Gasteiger partial charge in [-0.1, -0.05) is 56.0 Å². The van der Waals surface area contributed by atoms with Crippen LogP contribution in [0.4, 0.5) is 10.1 Å². The van der Waals surface area contributed by atoms with Gasteiger partial charge in [-0.2, -0.15) is 0 Å². The Morgan fingerprint density at radius 2 is 1.70 bits per heavy atom. The Morgan fingerprint density at radius 3 is 2.38 bits per heavy atom. The summed E-state index contributed by atoms with van der Waals surface area (Å²) in [5, 5.41) is 10.2. The van der Waals surface area contributed by atoms with E-state index >= 15 is 4.39 Å². The molecule has 0 bridgehead atoms. The number of aromatic nitrogens is 2. The molecule has 1 aliphatic rings. The Labute approximate surface area is 278 Å². The fraction of sp³-hybridized carbons (Fsp3) is 0.289. The Bertz CT molecular complexity index is 1930. The molecule has 5 aromatic rings. The van der Waals surface area contributed by atoms with E-state index in [4.69, 9.17) is 21.3 Å². The average molecular weight is 654 g/mol. The lowest BCUT2D eigenvalue weighted by Crippen LogP contribution is -2.29. The number of fused-ring (bicyclic) bond motifs is 1. The van der Waals surface area contributed by atoms with Crippen LogP contribution in [0.5, 0.6) is 5.75 Å². The van der Waals surface area contributed by atoms with Crippen molar-refractivity contribution in [3.05, 3.63) is 101 Å². The summed E-state index contributed by atoms with van der Waals surface area (Å²) in [6.07, 6.45) is 5.62. The van der Waals surface area contributed by atoms with E-state index in [0.717, 1.165) is 60.0 Å². The summed E-state index contributed by atoms with van der Waals surface area (Å²) in [6, 6.07) is 23.2. The number of rotatable bonds is 10. The van der Waals surface area contributed by atoms with Gasteiger partial charge >= 0.3 is 5.97 Å². The predicted octanol–water partition coefficient (Wildman–Crippen LogP) is 9.71. The number of hydrogen-bond acceptors (Lipinski definition) is 4. The molecule has 0 radical (unpaired) electrons. The normalized spacial score (nSPS) is 13.5. The van der Waals surface area contributed by atoms with E-state index < -0.39 is 11.8 Å². The van der Waals surface area contributed by atoms with Crippen molar-refractivity contribution in [1.82, 2.24) is 9.55 Å². The molecule has 0 saturated heterocycles. The molecule has 1 amide bonds. The van der Waals surface area contributed by atoms with Crippen molar-refractivity contribution in [2.24, 2.45) is 0 Å². The van der Waals surface area contributed by atoms with Gasteiger partial charge in [0.1, 0.15) is 24.0 Å². The summed E-state index contributed by atoms with van der Waals surface area (Å²) in [5.74, 6) is -0.654. The zero-order valence-corrected chi connectivity index (χ0v) is 27.3. The second-order valence-electron chi connectivity index (χ2n) is 11.9. The maximum absolute atomic E-state index is 16.0. The van der Waals surface area contributed by atoms with Gasteiger partial charge in [-0.3, -0.25) is 4.79 Å². The highest BCUT2D eigenvalue weighted by Crippen LogP contribution is 2.38. The predicted molar refractivity (Wildman–Crippen MR) is 184 cm³/mol. The summed E-state index contributed by atoms with van der Waals surface area (Å²) in [5.41, 5.74) is 5.27. The summed E-state index contributed by atoms with van der Waals surface area (Å²) in [4.78, 5) is 30.8. The molecule has 1 aromatic heterocycles. The maximum atomic E-state index is 16.0. The van der Waals surface area contributed by atoms with Crippen molar-refractivity contribution >= 4 is 40.2 Å². The molecular weight excluding hydrogens is 617 g/mol. The second kappa shape index (κ2) is 14.0. The van der Waals surface area contributed by atoms with Gasteiger partial charge in [0.15, 0.2) is 0 Å². The Balaban J connectivity index is 1.34.